The first-order valence-electron chi connectivity index (χ1n) is 6.05. The number of methoxy groups -OCH3 is 1. The van der Waals surface area contributed by atoms with Crippen LogP contribution in [-0.2, 0) is 4.74 Å². The molecule has 5 nitrogen and oxygen atoms in total. The van der Waals surface area contributed by atoms with E-state index < -0.39 is 0 Å². The summed E-state index contributed by atoms with van der Waals surface area (Å²) < 4.78 is 4.61. The van der Waals surface area contributed by atoms with Crippen molar-refractivity contribution in [3.8, 4) is 0 Å². The minimum atomic E-state index is -0.369. The van der Waals surface area contributed by atoms with Gasteiger partial charge in [-0.3, -0.25) is 0 Å². The van der Waals surface area contributed by atoms with Crippen LogP contribution in [0.5, 0.6) is 0 Å². The molecule has 98 valence electrons. The van der Waals surface area contributed by atoms with Gasteiger partial charge in [-0.05, 0) is 31.0 Å². The van der Waals surface area contributed by atoms with E-state index in [4.69, 9.17) is 5.73 Å². The molecule has 2 rings (SSSR count). The van der Waals surface area contributed by atoms with Crippen LogP contribution in [-0.4, -0.2) is 32.3 Å². The van der Waals surface area contributed by atoms with Crippen molar-refractivity contribution in [2.45, 2.75) is 19.4 Å². The summed E-state index contributed by atoms with van der Waals surface area (Å²) in [7, 11) is 1.38. The molecular weight excluding hydrogens is 230 g/mol. The molecule has 0 aromatic heterocycles. The third kappa shape index (κ3) is 2.67. The fraction of sp³-hybridized carbons (Fsp3) is 0.462. The van der Waals surface area contributed by atoms with Crippen molar-refractivity contribution < 1.29 is 9.53 Å². The van der Waals surface area contributed by atoms with Gasteiger partial charge in [0.2, 0.25) is 0 Å². The zero-order valence-corrected chi connectivity index (χ0v) is 10.8. The summed E-state index contributed by atoms with van der Waals surface area (Å²) in [4.78, 5) is 13.4. The van der Waals surface area contributed by atoms with E-state index in [1.165, 1.54) is 12.7 Å². The summed E-state index contributed by atoms with van der Waals surface area (Å²) in [5.41, 5.74) is 8.92. The Morgan fingerprint density at radius 2 is 2.33 bits per heavy atom. The Balaban J connectivity index is 2.04. The second kappa shape index (κ2) is 5.16. The molecule has 1 aliphatic heterocycles. The second-order valence-corrected chi connectivity index (χ2v) is 4.61. The number of nitrogens with two attached hydrogens (primary N) is 1. The molecule has 0 saturated carbocycles. The Bertz CT molecular complexity index is 448. The molecule has 3 N–H and O–H groups in total. The molecule has 5 heteroatoms. The van der Waals surface area contributed by atoms with E-state index in [0.29, 0.717) is 0 Å². The van der Waals surface area contributed by atoms with E-state index >= 15 is 0 Å². The van der Waals surface area contributed by atoms with Crippen molar-refractivity contribution in [2.75, 3.05) is 30.8 Å². The number of nitrogens with zero attached hydrogens (tertiary/aromatic N) is 1. The predicted molar refractivity (Wildman–Crippen MR) is 71.8 cm³/mol. The fourth-order valence-electron chi connectivity index (χ4n) is 2.29. The molecule has 1 aliphatic rings. The van der Waals surface area contributed by atoms with E-state index in [0.717, 1.165) is 30.9 Å². The Morgan fingerprint density at radius 3 is 3.06 bits per heavy atom. The van der Waals surface area contributed by atoms with E-state index in [1.807, 2.05) is 18.2 Å². The lowest BCUT2D eigenvalue weighted by Crippen LogP contribution is -2.37. The van der Waals surface area contributed by atoms with E-state index in [2.05, 4.69) is 21.9 Å². The highest BCUT2D eigenvalue weighted by molar-refractivity contribution is 5.68. The number of ether oxygens (including phenoxy) is 1. The Hall–Kier alpha value is -1.91. The lowest BCUT2D eigenvalue weighted by Gasteiger charge is -2.21. The number of nitrogens with one attached hydrogen (secondary N) is 1. The Kier molecular flexibility index (Phi) is 3.60. The number of anilines is 2. The van der Waals surface area contributed by atoms with Crippen molar-refractivity contribution in [1.29, 1.82) is 0 Å². The van der Waals surface area contributed by atoms with Gasteiger partial charge in [0.05, 0.1) is 13.2 Å². The van der Waals surface area contributed by atoms with Gasteiger partial charge in [-0.1, -0.05) is 6.07 Å². The quantitative estimate of drug-likeness (QED) is 0.780. The maximum Gasteiger partial charge on any atom is 0.407 e. The van der Waals surface area contributed by atoms with Gasteiger partial charge >= 0.3 is 6.09 Å². The average molecular weight is 249 g/mol. The van der Waals surface area contributed by atoms with Crippen molar-refractivity contribution in [3.05, 3.63) is 23.8 Å². The van der Waals surface area contributed by atoms with Crippen LogP contribution in [0.2, 0.25) is 0 Å². The van der Waals surface area contributed by atoms with Gasteiger partial charge < -0.3 is 20.7 Å². The number of aryl methyl sites for hydroxylation is 1. The van der Waals surface area contributed by atoms with Crippen LogP contribution in [0.25, 0.3) is 0 Å². The lowest BCUT2D eigenvalue weighted by atomic mass is 10.1. The van der Waals surface area contributed by atoms with Crippen molar-refractivity contribution in [2.24, 2.45) is 0 Å². The number of benzene rings is 1. The molecule has 0 aliphatic carbocycles. The van der Waals surface area contributed by atoms with Crippen LogP contribution in [0.1, 0.15) is 12.0 Å². The third-order valence-corrected chi connectivity index (χ3v) is 3.27. The highest BCUT2D eigenvalue weighted by Gasteiger charge is 2.25. The monoisotopic (exact) mass is 249 g/mol. The number of carbonyl (C=O) groups excluding carboxylic acids is 1. The van der Waals surface area contributed by atoms with E-state index in [9.17, 15) is 4.79 Å². The average Bonchev–Trinajstić information content (AvgIpc) is 2.80. The summed E-state index contributed by atoms with van der Waals surface area (Å²) in [5.74, 6) is 0. The highest BCUT2D eigenvalue weighted by Crippen LogP contribution is 2.26. The molecule has 1 fully saturated rings. The lowest BCUT2D eigenvalue weighted by molar-refractivity contribution is 0.167. The molecular formula is C13H19N3O2. The molecule has 1 aromatic carbocycles. The first-order chi connectivity index (χ1) is 8.60. The summed E-state index contributed by atoms with van der Waals surface area (Å²) in [6.07, 6.45) is 0.551. The second-order valence-electron chi connectivity index (χ2n) is 4.61. The minimum Gasteiger partial charge on any atom is -0.453 e. The van der Waals surface area contributed by atoms with Crippen LogP contribution in [0.3, 0.4) is 0 Å². The van der Waals surface area contributed by atoms with Gasteiger partial charge in [0.25, 0.3) is 0 Å². The molecule has 1 saturated heterocycles. The SMILES string of the molecule is COC(=O)NC1CCN(c2cc(N)ccc2C)C1. The van der Waals surface area contributed by atoms with Crippen molar-refractivity contribution in [1.82, 2.24) is 5.32 Å². The molecule has 1 aromatic rings. The number of carbonyl (C=O) groups is 1. The largest absolute Gasteiger partial charge is 0.453 e. The molecule has 0 bridgehead atoms. The maximum atomic E-state index is 11.2. The van der Waals surface area contributed by atoms with Gasteiger partial charge in [0.1, 0.15) is 0 Å². The number of nitrogen functional groups attached to an aromatic ring is 1. The standard InChI is InChI=1S/C13H19N3O2/c1-9-3-4-10(14)7-12(9)16-6-5-11(8-16)15-13(17)18-2/h3-4,7,11H,5-6,8,14H2,1-2H3,(H,15,17). The van der Waals surface area contributed by atoms with E-state index in [1.54, 1.807) is 0 Å². The fourth-order valence-corrected chi connectivity index (χ4v) is 2.29. The van der Waals surface area contributed by atoms with Crippen LogP contribution < -0.4 is 16.0 Å². The number of hydrogen-bond donors (Lipinski definition) is 2. The molecule has 18 heavy (non-hydrogen) atoms. The minimum absolute atomic E-state index is 0.137. The molecule has 1 heterocycles. The van der Waals surface area contributed by atoms with Crippen LogP contribution >= 0.6 is 0 Å². The zero-order chi connectivity index (χ0) is 13.1. The summed E-state index contributed by atoms with van der Waals surface area (Å²) in [6.45, 7) is 3.77. The Morgan fingerprint density at radius 1 is 1.56 bits per heavy atom. The van der Waals surface area contributed by atoms with Gasteiger partial charge in [-0.15, -0.1) is 0 Å². The van der Waals surface area contributed by atoms with Gasteiger partial charge in [-0.25, -0.2) is 4.79 Å². The first kappa shape index (κ1) is 12.5. The van der Waals surface area contributed by atoms with E-state index in [-0.39, 0.29) is 12.1 Å². The number of alkyl carbamates (subject to hydrolysis) is 1. The molecule has 1 unspecified atom stereocenters. The van der Waals surface area contributed by atoms with Crippen LogP contribution in [0.4, 0.5) is 16.2 Å². The molecule has 0 radical (unpaired) electrons. The van der Waals surface area contributed by atoms with Gasteiger partial charge in [0, 0.05) is 24.5 Å². The number of rotatable bonds is 2. The zero-order valence-electron chi connectivity index (χ0n) is 10.8. The smallest absolute Gasteiger partial charge is 0.407 e. The number of hydrogen-bond acceptors (Lipinski definition) is 4. The topological polar surface area (TPSA) is 67.6 Å². The molecule has 0 spiro atoms. The molecule has 1 atom stereocenters. The highest BCUT2D eigenvalue weighted by atomic mass is 16.5. The summed E-state index contributed by atoms with van der Waals surface area (Å²) >= 11 is 0. The molecule has 1 amide bonds. The Labute approximate surface area is 107 Å². The van der Waals surface area contributed by atoms with Crippen LogP contribution in [0, 0.1) is 6.92 Å². The maximum absolute atomic E-state index is 11.2. The van der Waals surface area contributed by atoms with Crippen molar-refractivity contribution >= 4 is 17.5 Å². The number of amides is 1. The normalized spacial score (nSPS) is 18.8. The third-order valence-electron chi connectivity index (χ3n) is 3.27. The van der Waals surface area contributed by atoms with Gasteiger partial charge in [0.15, 0.2) is 0 Å². The van der Waals surface area contributed by atoms with Gasteiger partial charge in [-0.2, -0.15) is 0 Å². The van der Waals surface area contributed by atoms with Crippen molar-refractivity contribution in [3.63, 3.8) is 0 Å². The van der Waals surface area contributed by atoms with Crippen LogP contribution in [0.15, 0.2) is 18.2 Å². The predicted octanol–water partition coefficient (Wildman–Crippen LogP) is 1.51. The summed E-state index contributed by atoms with van der Waals surface area (Å²) in [5, 5.41) is 2.83. The summed E-state index contributed by atoms with van der Waals surface area (Å²) in [6, 6.07) is 6.04. The first-order valence-corrected chi connectivity index (χ1v) is 6.05.